The third-order valence-corrected chi connectivity index (χ3v) is 6.79. The number of carbonyl (C=O) groups is 1. The molecule has 1 aliphatic heterocycles. The Kier molecular flexibility index (Phi) is 6.67. The zero-order chi connectivity index (χ0) is 21.8. The van der Waals surface area contributed by atoms with Gasteiger partial charge in [0.2, 0.25) is 10.0 Å². The Morgan fingerprint density at radius 2 is 1.53 bits per heavy atom. The van der Waals surface area contributed by atoms with E-state index in [4.69, 9.17) is 0 Å². The molecule has 2 aromatic rings. The zero-order valence-electron chi connectivity index (χ0n) is 16.1. The van der Waals surface area contributed by atoms with Crippen LogP contribution in [0.3, 0.4) is 0 Å². The number of hydrogen-bond acceptors (Lipinski definition) is 3. The monoisotopic (exact) mass is 441 g/mol. The normalized spacial score (nSPS) is 15.8. The van der Waals surface area contributed by atoms with Gasteiger partial charge in [0.25, 0.3) is 0 Å². The highest BCUT2D eigenvalue weighted by molar-refractivity contribution is 7.89. The highest BCUT2D eigenvalue weighted by atomic mass is 32.2. The SMILES string of the molecule is O=C(NCCc1ccc(C(F)(F)F)cc1)N1CCN(S(=O)(=O)c2ccccc2)CC1. The molecule has 1 heterocycles. The number of carbonyl (C=O) groups excluding carboxylic acids is 1. The van der Waals surface area contributed by atoms with Gasteiger partial charge in [-0.1, -0.05) is 30.3 Å². The van der Waals surface area contributed by atoms with Gasteiger partial charge in [-0.2, -0.15) is 17.5 Å². The second-order valence-electron chi connectivity index (χ2n) is 6.88. The molecule has 0 aromatic heterocycles. The van der Waals surface area contributed by atoms with Gasteiger partial charge < -0.3 is 10.2 Å². The van der Waals surface area contributed by atoms with E-state index in [2.05, 4.69) is 5.32 Å². The first kappa shape index (κ1) is 22.1. The number of benzene rings is 2. The summed E-state index contributed by atoms with van der Waals surface area (Å²) < 4.78 is 64.3. The lowest BCUT2D eigenvalue weighted by Gasteiger charge is -2.34. The maximum atomic E-state index is 12.6. The molecule has 3 rings (SSSR count). The average Bonchev–Trinajstić information content (AvgIpc) is 2.74. The molecule has 0 saturated carbocycles. The minimum Gasteiger partial charge on any atom is -0.338 e. The third kappa shape index (κ3) is 5.31. The lowest BCUT2D eigenvalue weighted by atomic mass is 10.1. The predicted octanol–water partition coefficient (Wildman–Crippen LogP) is 2.96. The number of urea groups is 1. The van der Waals surface area contributed by atoms with Gasteiger partial charge in [-0.15, -0.1) is 0 Å². The van der Waals surface area contributed by atoms with Gasteiger partial charge in [0.15, 0.2) is 0 Å². The number of hydrogen-bond donors (Lipinski definition) is 1. The van der Waals surface area contributed by atoms with E-state index in [-0.39, 0.29) is 43.7 Å². The van der Waals surface area contributed by atoms with Crippen molar-refractivity contribution in [2.24, 2.45) is 0 Å². The Labute approximate surface area is 173 Å². The summed E-state index contributed by atoms with van der Waals surface area (Å²) in [5.74, 6) is 0. The summed E-state index contributed by atoms with van der Waals surface area (Å²) in [4.78, 5) is 14.1. The molecule has 0 spiro atoms. The topological polar surface area (TPSA) is 69.7 Å². The van der Waals surface area contributed by atoms with E-state index in [9.17, 15) is 26.4 Å². The smallest absolute Gasteiger partial charge is 0.338 e. The molecule has 30 heavy (non-hydrogen) atoms. The number of rotatable bonds is 5. The number of sulfonamides is 1. The van der Waals surface area contributed by atoms with Crippen molar-refractivity contribution in [2.75, 3.05) is 32.7 Å². The van der Waals surface area contributed by atoms with Crippen molar-refractivity contribution in [3.8, 4) is 0 Å². The summed E-state index contributed by atoms with van der Waals surface area (Å²) in [5, 5.41) is 2.73. The van der Waals surface area contributed by atoms with Crippen LogP contribution in [-0.2, 0) is 22.6 Å². The van der Waals surface area contributed by atoms with Crippen LogP contribution in [0.1, 0.15) is 11.1 Å². The van der Waals surface area contributed by atoms with E-state index in [1.807, 2.05) is 0 Å². The summed E-state index contributed by atoms with van der Waals surface area (Å²) >= 11 is 0. The van der Waals surface area contributed by atoms with Gasteiger partial charge in [-0.25, -0.2) is 13.2 Å². The molecule has 2 amide bonds. The number of halogens is 3. The first-order valence-electron chi connectivity index (χ1n) is 9.42. The maximum Gasteiger partial charge on any atom is 0.416 e. The van der Waals surface area contributed by atoms with Crippen molar-refractivity contribution < 1.29 is 26.4 Å². The Morgan fingerprint density at radius 1 is 0.933 bits per heavy atom. The van der Waals surface area contributed by atoms with Crippen molar-refractivity contribution >= 4 is 16.1 Å². The fourth-order valence-corrected chi connectivity index (χ4v) is 4.60. The summed E-state index contributed by atoms with van der Waals surface area (Å²) in [5.41, 5.74) is -0.0271. The van der Waals surface area contributed by atoms with Crippen molar-refractivity contribution in [3.63, 3.8) is 0 Å². The molecule has 1 aliphatic rings. The van der Waals surface area contributed by atoms with Crippen LogP contribution in [0.15, 0.2) is 59.5 Å². The molecule has 1 N–H and O–H groups in total. The van der Waals surface area contributed by atoms with Crippen molar-refractivity contribution in [1.29, 1.82) is 0 Å². The summed E-state index contributed by atoms with van der Waals surface area (Å²) in [6.07, 6.45) is -3.98. The largest absolute Gasteiger partial charge is 0.416 e. The minimum absolute atomic E-state index is 0.198. The van der Waals surface area contributed by atoms with Gasteiger partial charge >= 0.3 is 12.2 Å². The van der Waals surface area contributed by atoms with Crippen LogP contribution in [0.25, 0.3) is 0 Å². The molecule has 2 aromatic carbocycles. The summed E-state index contributed by atoms with van der Waals surface area (Å²) in [6, 6.07) is 12.6. The first-order valence-corrected chi connectivity index (χ1v) is 10.9. The molecule has 1 saturated heterocycles. The van der Waals surface area contributed by atoms with E-state index >= 15 is 0 Å². The van der Waals surface area contributed by atoms with Crippen LogP contribution >= 0.6 is 0 Å². The fraction of sp³-hybridized carbons (Fsp3) is 0.350. The molecule has 0 bridgehead atoms. The lowest BCUT2D eigenvalue weighted by molar-refractivity contribution is -0.137. The Bertz CT molecular complexity index is 956. The van der Waals surface area contributed by atoms with Gasteiger partial charge in [0.05, 0.1) is 10.5 Å². The van der Waals surface area contributed by atoms with E-state index in [1.54, 1.807) is 18.2 Å². The van der Waals surface area contributed by atoms with Gasteiger partial charge in [-0.05, 0) is 36.2 Å². The van der Waals surface area contributed by atoms with Crippen LogP contribution in [0.4, 0.5) is 18.0 Å². The van der Waals surface area contributed by atoms with Crippen LogP contribution in [0.5, 0.6) is 0 Å². The molecule has 10 heteroatoms. The minimum atomic E-state index is -4.37. The fourth-order valence-electron chi connectivity index (χ4n) is 3.16. The van der Waals surface area contributed by atoms with E-state index in [1.165, 1.54) is 33.5 Å². The molecule has 0 aliphatic carbocycles. The lowest BCUT2D eigenvalue weighted by Crippen LogP contribution is -2.53. The van der Waals surface area contributed by atoms with E-state index in [0.29, 0.717) is 12.0 Å². The Morgan fingerprint density at radius 3 is 2.10 bits per heavy atom. The second kappa shape index (κ2) is 9.05. The van der Waals surface area contributed by atoms with Crippen LogP contribution in [0, 0.1) is 0 Å². The predicted molar refractivity (Wildman–Crippen MR) is 105 cm³/mol. The van der Waals surface area contributed by atoms with E-state index in [0.717, 1.165) is 12.1 Å². The molecule has 0 unspecified atom stereocenters. The standard InChI is InChI=1S/C20H22F3N3O3S/c21-20(22,23)17-8-6-16(7-9-17)10-11-24-19(27)25-12-14-26(15-13-25)30(28,29)18-4-2-1-3-5-18/h1-9H,10-15H2,(H,24,27). The molecule has 6 nitrogen and oxygen atoms in total. The molecule has 0 radical (unpaired) electrons. The van der Waals surface area contributed by atoms with Crippen molar-refractivity contribution in [3.05, 3.63) is 65.7 Å². The number of nitrogens with one attached hydrogen (secondary N) is 1. The maximum absolute atomic E-state index is 12.6. The molecule has 0 atom stereocenters. The quantitative estimate of drug-likeness (QED) is 0.776. The first-order chi connectivity index (χ1) is 14.2. The number of nitrogens with zero attached hydrogens (tertiary/aromatic N) is 2. The van der Waals surface area contributed by atoms with Gasteiger partial charge in [0, 0.05) is 32.7 Å². The average molecular weight is 441 g/mol. The van der Waals surface area contributed by atoms with Crippen molar-refractivity contribution in [2.45, 2.75) is 17.5 Å². The van der Waals surface area contributed by atoms with Crippen LogP contribution in [0.2, 0.25) is 0 Å². The molecule has 1 fully saturated rings. The third-order valence-electron chi connectivity index (χ3n) is 4.88. The molecular formula is C20H22F3N3O3S. The van der Waals surface area contributed by atoms with Crippen molar-refractivity contribution in [1.82, 2.24) is 14.5 Å². The van der Waals surface area contributed by atoms with Crippen LogP contribution < -0.4 is 5.32 Å². The molecule has 162 valence electrons. The summed E-state index contributed by atoms with van der Waals surface area (Å²) in [7, 11) is -3.58. The van der Waals surface area contributed by atoms with Crippen LogP contribution in [-0.4, -0.2) is 56.4 Å². The van der Waals surface area contributed by atoms with Gasteiger partial charge in [0.1, 0.15) is 0 Å². The van der Waals surface area contributed by atoms with E-state index < -0.39 is 21.8 Å². The second-order valence-corrected chi connectivity index (χ2v) is 8.82. The highest BCUT2D eigenvalue weighted by Crippen LogP contribution is 2.29. The number of alkyl halides is 3. The zero-order valence-corrected chi connectivity index (χ0v) is 16.9. The highest BCUT2D eigenvalue weighted by Gasteiger charge is 2.31. The Balaban J connectivity index is 1.45. The Hall–Kier alpha value is -2.59. The molecular weight excluding hydrogens is 419 g/mol. The number of amides is 2. The number of piperazine rings is 1. The summed E-state index contributed by atoms with van der Waals surface area (Å²) in [6.45, 7) is 1.19. The van der Waals surface area contributed by atoms with Gasteiger partial charge in [-0.3, -0.25) is 0 Å².